The molecule has 0 spiro atoms. The molecule has 8 heteroatoms. The van der Waals surface area contributed by atoms with E-state index in [1.54, 1.807) is 18.3 Å². The molecule has 0 bridgehead atoms. The number of fused-ring (bicyclic) bond motifs is 1. The van der Waals surface area contributed by atoms with Crippen molar-refractivity contribution < 1.29 is 14.1 Å². The molecule has 2 aromatic carbocycles. The number of benzene rings is 2. The summed E-state index contributed by atoms with van der Waals surface area (Å²) in [6.07, 6.45) is 1.77. The van der Waals surface area contributed by atoms with Gasteiger partial charge in [0, 0.05) is 28.7 Å². The van der Waals surface area contributed by atoms with Crippen LogP contribution in [-0.4, -0.2) is 33.9 Å². The SMILES string of the molecule is CC(C)NC(=O)COc1ccc(-c2cc(Nc3ccc4[nH]ncc4c3)no2)cc1. The number of nitrogens with zero attached hydrogens (tertiary/aromatic N) is 2. The van der Waals surface area contributed by atoms with Crippen molar-refractivity contribution in [1.82, 2.24) is 20.7 Å². The van der Waals surface area contributed by atoms with Crippen LogP contribution >= 0.6 is 0 Å². The number of carbonyl (C=O) groups excluding carboxylic acids is 1. The van der Waals surface area contributed by atoms with Gasteiger partial charge in [0.15, 0.2) is 18.2 Å². The van der Waals surface area contributed by atoms with Gasteiger partial charge < -0.3 is 19.9 Å². The van der Waals surface area contributed by atoms with Crippen molar-refractivity contribution in [2.75, 3.05) is 11.9 Å². The van der Waals surface area contributed by atoms with Crippen LogP contribution in [0.5, 0.6) is 5.75 Å². The standard InChI is InChI=1S/C21H21N5O3/c1-13(2)23-21(27)12-28-17-6-3-14(4-7-17)19-10-20(26-29-19)24-16-5-8-18-15(9-16)11-22-25-18/h3-11,13H,12H2,1-2H3,(H,22,25)(H,23,27)(H,24,26). The Bertz CT molecular complexity index is 1110. The molecule has 8 nitrogen and oxygen atoms in total. The Morgan fingerprint density at radius 1 is 1.17 bits per heavy atom. The normalized spacial score (nSPS) is 11.0. The molecule has 0 unspecified atom stereocenters. The first kappa shape index (κ1) is 18.5. The maximum Gasteiger partial charge on any atom is 0.258 e. The van der Waals surface area contributed by atoms with Gasteiger partial charge in [0.05, 0.1) is 11.7 Å². The smallest absolute Gasteiger partial charge is 0.258 e. The molecular formula is C21H21N5O3. The Balaban J connectivity index is 1.39. The summed E-state index contributed by atoms with van der Waals surface area (Å²) in [5.41, 5.74) is 2.72. The van der Waals surface area contributed by atoms with E-state index >= 15 is 0 Å². The average molecular weight is 391 g/mol. The number of nitrogens with one attached hydrogen (secondary N) is 3. The van der Waals surface area contributed by atoms with Gasteiger partial charge in [-0.25, -0.2) is 0 Å². The molecule has 4 aromatic rings. The van der Waals surface area contributed by atoms with Crippen LogP contribution in [0.2, 0.25) is 0 Å². The molecule has 3 N–H and O–H groups in total. The van der Waals surface area contributed by atoms with E-state index in [2.05, 4.69) is 26.0 Å². The van der Waals surface area contributed by atoms with Crippen molar-refractivity contribution >= 4 is 28.3 Å². The van der Waals surface area contributed by atoms with E-state index in [4.69, 9.17) is 9.26 Å². The lowest BCUT2D eigenvalue weighted by molar-refractivity contribution is -0.123. The van der Waals surface area contributed by atoms with Gasteiger partial charge in [-0.2, -0.15) is 5.10 Å². The first-order valence-electron chi connectivity index (χ1n) is 9.26. The summed E-state index contributed by atoms with van der Waals surface area (Å²) in [6, 6.07) is 15.1. The molecule has 148 valence electrons. The fourth-order valence-corrected chi connectivity index (χ4v) is 2.87. The summed E-state index contributed by atoms with van der Waals surface area (Å²) in [5, 5.41) is 18.0. The van der Waals surface area contributed by atoms with Crippen LogP contribution in [0.4, 0.5) is 11.5 Å². The highest BCUT2D eigenvalue weighted by atomic mass is 16.5. The highest BCUT2D eigenvalue weighted by molar-refractivity contribution is 5.82. The minimum absolute atomic E-state index is 0.0189. The molecule has 0 aliphatic heterocycles. The molecule has 1 amide bonds. The van der Waals surface area contributed by atoms with Gasteiger partial charge in [-0.1, -0.05) is 5.16 Å². The largest absolute Gasteiger partial charge is 0.484 e. The molecule has 0 saturated carbocycles. The monoisotopic (exact) mass is 391 g/mol. The predicted octanol–water partition coefficient (Wildman–Crippen LogP) is 3.86. The van der Waals surface area contributed by atoms with Gasteiger partial charge in [0.1, 0.15) is 5.75 Å². The fraction of sp³-hybridized carbons (Fsp3) is 0.190. The second-order valence-electron chi connectivity index (χ2n) is 6.91. The maximum absolute atomic E-state index is 11.7. The molecule has 2 aromatic heterocycles. The van der Waals surface area contributed by atoms with Gasteiger partial charge in [0.2, 0.25) is 0 Å². The number of aromatic nitrogens is 3. The number of ether oxygens (including phenoxy) is 1. The lowest BCUT2D eigenvalue weighted by Crippen LogP contribution is -2.34. The van der Waals surface area contributed by atoms with Gasteiger partial charge in [-0.3, -0.25) is 9.89 Å². The number of carbonyl (C=O) groups is 1. The number of rotatable bonds is 7. The number of hydrogen-bond donors (Lipinski definition) is 3. The van der Waals surface area contributed by atoms with Crippen LogP contribution in [0, 0.1) is 0 Å². The first-order chi connectivity index (χ1) is 14.1. The highest BCUT2D eigenvalue weighted by Crippen LogP contribution is 2.27. The van der Waals surface area contributed by atoms with E-state index in [9.17, 15) is 4.79 Å². The van der Waals surface area contributed by atoms with Gasteiger partial charge in [0.25, 0.3) is 5.91 Å². The molecule has 0 atom stereocenters. The number of amides is 1. The minimum atomic E-state index is -0.149. The van der Waals surface area contributed by atoms with Crippen molar-refractivity contribution in [3.05, 3.63) is 54.7 Å². The van der Waals surface area contributed by atoms with Crippen molar-refractivity contribution in [2.24, 2.45) is 0 Å². The van der Waals surface area contributed by atoms with Crippen LogP contribution in [-0.2, 0) is 4.79 Å². The van der Waals surface area contributed by atoms with E-state index in [-0.39, 0.29) is 18.6 Å². The van der Waals surface area contributed by atoms with Crippen LogP contribution in [0.3, 0.4) is 0 Å². The fourth-order valence-electron chi connectivity index (χ4n) is 2.87. The van der Waals surface area contributed by atoms with Crippen LogP contribution in [0.1, 0.15) is 13.8 Å². The minimum Gasteiger partial charge on any atom is -0.484 e. The van der Waals surface area contributed by atoms with Crippen molar-refractivity contribution in [3.63, 3.8) is 0 Å². The second kappa shape index (κ2) is 8.05. The molecular weight excluding hydrogens is 370 g/mol. The Hall–Kier alpha value is -3.81. The topological polar surface area (TPSA) is 105 Å². The van der Waals surface area contributed by atoms with Crippen molar-refractivity contribution in [3.8, 4) is 17.1 Å². The zero-order valence-corrected chi connectivity index (χ0v) is 16.1. The van der Waals surface area contributed by atoms with Crippen LogP contribution in [0.15, 0.2) is 59.3 Å². The lowest BCUT2D eigenvalue weighted by Gasteiger charge is -2.09. The molecule has 0 fully saturated rings. The van der Waals surface area contributed by atoms with Gasteiger partial charge >= 0.3 is 0 Å². The van der Waals surface area contributed by atoms with E-state index in [1.165, 1.54) is 0 Å². The quantitative estimate of drug-likeness (QED) is 0.442. The number of H-pyrrole nitrogens is 1. The van der Waals surface area contributed by atoms with E-state index < -0.39 is 0 Å². The Labute approximate surface area is 167 Å². The molecule has 0 aliphatic carbocycles. The Morgan fingerprint density at radius 2 is 2.00 bits per heavy atom. The van der Waals surface area contributed by atoms with Crippen molar-refractivity contribution in [1.29, 1.82) is 0 Å². The summed E-state index contributed by atoms with van der Waals surface area (Å²) in [6.45, 7) is 3.79. The third kappa shape index (κ3) is 4.55. The molecule has 4 rings (SSSR count). The number of hydrogen-bond acceptors (Lipinski definition) is 6. The van der Waals surface area contributed by atoms with Gasteiger partial charge in [-0.15, -0.1) is 0 Å². The zero-order valence-electron chi connectivity index (χ0n) is 16.1. The van der Waals surface area contributed by atoms with Crippen LogP contribution in [0.25, 0.3) is 22.2 Å². The lowest BCUT2D eigenvalue weighted by atomic mass is 10.1. The third-order valence-electron chi connectivity index (χ3n) is 4.18. The Morgan fingerprint density at radius 3 is 2.79 bits per heavy atom. The molecule has 0 aliphatic rings. The summed E-state index contributed by atoms with van der Waals surface area (Å²) in [7, 11) is 0. The molecule has 29 heavy (non-hydrogen) atoms. The summed E-state index contributed by atoms with van der Waals surface area (Å²) >= 11 is 0. The number of aromatic amines is 1. The number of anilines is 2. The zero-order chi connectivity index (χ0) is 20.2. The van der Waals surface area contributed by atoms with E-state index in [0.717, 1.165) is 22.2 Å². The van der Waals surface area contributed by atoms with Crippen molar-refractivity contribution in [2.45, 2.75) is 19.9 Å². The second-order valence-corrected chi connectivity index (χ2v) is 6.91. The van der Waals surface area contributed by atoms with E-state index in [0.29, 0.717) is 17.3 Å². The molecule has 2 heterocycles. The predicted molar refractivity (Wildman–Crippen MR) is 110 cm³/mol. The summed E-state index contributed by atoms with van der Waals surface area (Å²) in [4.78, 5) is 11.7. The molecule has 0 saturated heterocycles. The molecule has 0 radical (unpaired) electrons. The highest BCUT2D eigenvalue weighted by Gasteiger charge is 2.09. The Kier molecular flexibility index (Phi) is 5.15. The van der Waals surface area contributed by atoms with Gasteiger partial charge in [-0.05, 0) is 56.3 Å². The average Bonchev–Trinajstić information content (AvgIpc) is 3.35. The maximum atomic E-state index is 11.7. The third-order valence-corrected chi connectivity index (χ3v) is 4.18. The first-order valence-corrected chi connectivity index (χ1v) is 9.26. The van der Waals surface area contributed by atoms with Crippen LogP contribution < -0.4 is 15.4 Å². The summed E-state index contributed by atoms with van der Waals surface area (Å²) < 4.78 is 10.9. The summed E-state index contributed by atoms with van der Waals surface area (Å²) in [5.74, 6) is 1.69. The van der Waals surface area contributed by atoms with E-state index in [1.807, 2.05) is 50.2 Å².